The Kier molecular flexibility index (Phi) is 6.32. The van der Waals surface area contributed by atoms with Crippen LogP contribution in [0.2, 0.25) is 0 Å². The summed E-state index contributed by atoms with van der Waals surface area (Å²) in [4.78, 5) is 9.46. The van der Waals surface area contributed by atoms with Crippen LogP contribution >= 0.6 is 0 Å². The second-order valence-corrected chi connectivity index (χ2v) is 1.11. The van der Waals surface area contributed by atoms with Crippen molar-refractivity contribution in [1.29, 1.82) is 0 Å². The molecule has 0 radical (unpaired) electrons. The molecule has 0 spiro atoms. The molecular weight excluding hydrogens is 190 g/mol. The molecule has 46 valence electrons. The van der Waals surface area contributed by atoms with Crippen LogP contribution < -0.4 is 10.8 Å². The van der Waals surface area contributed by atoms with Gasteiger partial charge in [0.25, 0.3) is 0 Å². The maximum Gasteiger partial charge on any atom is 1.00 e. The van der Waals surface area contributed by atoms with Crippen molar-refractivity contribution in [3.8, 4) is 0 Å². The molecule has 0 aliphatic carbocycles. The van der Waals surface area contributed by atoms with Gasteiger partial charge in [-0.3, -0.25) is 0 Å². The molecule has 0 bridgehead atoms. The van der Waals surface area contributed by atoms with E-state index in [-0.39, 0.29) is 22.4 Å². The van der Waals surface area contributed by atoms with E-state index in [0.29, 0.717) is 0 Å². The number of carboxylic acids is 1. The zero-order valence-corrected chi connectivity index (χ0v) is 5.25. The Morgan fingerprint density at radius 2 is 2.00 bits per heavy atom. The van der Waals surface area contributed by atoms with E-state index in [9.17, 15) is 9.90 Å². The zero-order chi connectivity index (χ0) is 5.15. The number of carboxylic acid groups (broad SMARTS) is 1. The van der Waals surface area contributed by atoms with Gasteiger partial charge >= 0.3 is 22.4 Å². The minimum absolute atomic E-state index is 0. The largest absolute Gasteiger partial charge is 1.00 e. The van der Waals surface area contributed by atoms with Gasteiger partial charge < -0.3 is 15.6 Å². The van der Waals surface area contributed by atoms with Gasteiger partial charge in [-0.2, -0.15) is 0 Å². The first-order chi connectivity index (χ1) is 2.64. The van der Waals surface area contributed by atoms with Gasteiger partial charge in [-0.15, -0.1) is 0 Å². The Bertz CT molecular complexity index is 64.0. The van der Waals surface area contributed by atoms with Gasteiger partial charge in [0.2, 0.25) is 0 Å². The van der Waals surface area contributed by atoms with Gasteiger partial charge in [-0.05, 0) is 6.92 Å². The summed E-state index contributed by atoms with van der Waals surface area (Å²) in [6.07, 6.45) is 0. The molecule has 0 fully saturated rings. The number of rotatable bonds is 1. The molecule has 0 aromatic rings. The molecule has 0 saturated carbocycles. The van der Waals surface area contributed by atoms with Crippen LogP contribution in [0.25, 0.3) is 0 Å². The Morgan fingerprint density at radius 3 is 2.00 bits per heavy atom. The summed E-state index contributed by atoms with van der Waals surface area (Å²) in [5.41, 5.74) is 4.77. The summed E-state index contributed by atoms with van der Waals surface area (Å²) in [6.45, 7) is 1.36. The molecule has 0 aromatic heterocycles. The number of carbonyl (C=O) groups is 1. The molecule has 4 heteroatoms. The Hall–Kier alpha value is 0.170. The molecule has 0 rings (SSSR count). The van der Waals surface area contributed by atoms with Crippen molar-refractivity contribution >= 4 is 5.97 Å². The Labute approximate surface area is 57.4 Å². The minimum Gasteiger partial charge on any atom is -0.548 e. The zero-order valence-electron chi connectivity index (χ0n) is 3.77. The average Bonchev–Trinajstić information content (AvgIpc) is 1.36. The van der Waals surface area contributed by atoms with Crippen molar-refractivity contribution < 1.29 is 32.3 Å². The van der Waals surface area contributed by atoms with Gasteiger partial charge in [0.05, 0.1) is 5.97 Å². The predicted octanol–water partition coefficient (Wildman–Crippen LogP) is -1.92. The topological polar surface area (TPSA) is 66.2 Å². The summed E-state index contributed by atoms with van der Waals surface area (Å²) in [7, 11) is 0. The van der Waals surface area contributed by atoms with Crippen molar-refractivity contribution in [2.45, 2.75) is 13.0 Å². The summed E-state index contributed by atoms with van der Waals surface area (Å²) in [5.74, 6) is -1.21. The van der Waals surface area contributed by atoms with Gasteiger partial charge in [0, 0.05) is 6.04 Å². The van der Waals surface area contributed by atoms with Crippen LogP contribution in [0.15, 0.2) is 0 Å². The van der Waals surface area contributed by atoms with Gasteiger partial charge in [-0.1, -0.05) is 0 Å². The summed E-state index contributed by atoms with van der Waals surface area (Å²) < 4.78 is 0. The maximum absolute atomic E-state index is 9.46. The van der Waals surface area contributed by atoms with E-state index in [1.807, 2.05) is 0 Å². The summed E-state index contributed by atoms with van der Waals surface area (Å²) >= 11 is 0. The standard InChI is InChI=1S/C3H7NO2.Ag/c1-2(4)3(5)6;/h2H,4H2,1H3,(H,5,6);/q;+1/p-1/t2-;/m0./s1. The Morgan fingerprint density at radius 1 is 1.86 bits per heavy atom. The first-order valence-electron chi connectivity index (χ1n) is 1.61. The molecule has 0 aliphatic rings. The molecule has 0 unspecified atom stereocenters. The molecule has 0 amide bonds. The van der Waals surface area contributed by atoms with E-state index in [2.05, 4.69) is 0 Å². The molecule has 0 aliphatic heterocycles. The fourth-order valence-corrected chi connectivity index (χ4v) is 0. The molecule has 0 saturated heterocycles. The fourth-order valence-electron chi connectivity index (χ4n) is 0. The van der Waals surface area contributed by atoms with Crippen molar-refractivity contribution in [2.24, 2.45) is 5.73 Å². The normalized spacial score (nSPS) is 11.7. The molecule has 2 N–H and O–H groups in total. The van der Waals surface area contributed by atoms with Crippen molar-refractivity contribution in [2.75, 3.05) is 0 Å². The molecular formula is C3H6AgNO2. The number of hydrogen-bond acceptors (Lipinski definition) is 3. The molecule has 1 atom stereocenters. The van der Waals surface area contributed by atoms with E-state index in [4.69, 9.17) is 5.73 Å². The molecule has 3 nitrogen and oxygen atoms in total. The predicted molar refractivity (Wildman–Crippen MR) is 18.7 cm³/mol. The van der Waals surface area contributed by atoms with E-state index in [0.717, 1.165) is 0 Å². The Balaban J connectivity index is 0. The van der Waals surface area contributed by atoms with Crippen molar-refractivity contribution in [1.82, 2.24) is 0 Å². The quantitative estimate of drug-likeness (QED) is 0.497. The number of nitrogens with two attached hydrogens (primary N) is 1. The number of hydrogen-bond donors (Lipinski definition) is 1. The van der Waals surface area contributed by atoms with Crippen molar-refractivity contribution in [3.05, 3.63) is 0 Å². The molecule has 7 heavy (non-hydrogen) atoms. The van der Waals surface area contributed by atoms with Crippen molar-refractivity contribution in [3.63, 3.8) is 0 Å². The van der Waals surface area contributed by atoms with E-state index >= 15 is 0 Å². The monoisotopic (exact) mass is 195 g/mol. The third kappa shape index (κ3) is 6.17. The minimum atomic E-state index is -1.21. The van der Waals surface area contributed by atoms with Crippen LogP contribution in [0.3, 0.4) is 0 Å². The van der Waals surface area contributed by atoms with Crippen LogP contribution in [0.5, 0.6) is 0 Å². The maximum atomic E-state index is 9.46. The van der Waals surface area contributed by atoms with E-state index in [1.165, 1.54) is 6.92 Å². The number of aliphatic carboxylic acids is 1. The van der Waals surface area contributed by atoms with Gasteiger partial charge in [0.1, 0.15) is 0 Å². The van der Waals surface area contributed by atoms with E-state index < -0.39 is 12.0 Å². The van der Waals surface area contributed by atoms with Crippen LogP contribution in [0.4, 0.5) is 0 Å². The second kappa shape index (κ2) is 4.33. The SMILES string of the molecule is C[C@H](N)C(=O)[O-].[Ag+]. The van der Waals surface area contributed by atoms with Crippen LogP contribution in [-0.4, -0.2) is 12.0 Å². The number of carbonyl (C=O) groups excluding carboxylic acids is 1. The van der Waals surface area contributed by atoms with Crippen LogP contribution in [0, 0.1) is 0 Å². The molecule has 0 aromatic carbocycles. The first kappa shape index (κ1) is 10.2. The fraction of sp³-hybridized carbons (Fsp3) is 0.667. The smallest absolute Gasteiger partial charge is 0.548 e. The first-order valence-corrected chi connectivity index (χ1v) is 1.61. The average molecular weight is 196 g/mol. The van der Waals surface area contributed by atoms with Gasteiger partial charge in [-0.25, -0.2) is 0 Å². The summed E-state index contributed by atoms with van der Waals surface area (Å²) in [5, 5.41) is 9.46. The van der Waals surface area contributed by atoms with Gasteiger partial charge in [0.15, 0.2) is 0 Å². The second-order valence-electron chi connectivity index (χ2n) is 1.11. The third-order valence-electron chi connectivity index (χ3n) is 0.372. The molecule has 0 heterocycles. The van der Waals surface area contributed by atoms with Crippen LogP contribution in [-0.2, 0) is 27.2 Å². The van der Waals surface area contributed by atoms with E-state index in [1.54, 1.807) is 0 Å². The third-order valence-corrected chi connectivity index (χ3v) is 0.372. The summed E-state index contributed by atoms with van der Waals surface area (Å²) in [6, 6.07) is -0.843. The van der Waals surface area contributed by atoms with Crippen LogP contribution in [0.1, 0.15) is 6.92 Å².